The number of amides is 1. The fourth-order valence-electron chi connectivity index (χ4n) is 0.940. The summed E-state index contributed by atoms with van der Waals surface area (Å²) in [6.07, 6.45) is -1.50. The monoisotopic (exact) mass is 239 g/mol. The number of nitrogens with zero attached hydrogens (tertiary/aromatic N) is 1. The first-order valence-electron chi connectivity index (χ1n) is 4.57. The van der Waals surface area contributed by atoms with Crippen LogP contribution in [0, 0.1) is 0 Å². The molecule has 1 atom stereocenters. The molecule has 15 heavy (non-hydrogen) atoms. The molecule has 0 saturated carbocycles. The molecule has 0 spiro atoms. The lowest BCUT2D eigenvalue weighted by Gasteiger charge is -2.19. The SMILES string of the molecule is CCN(CC)S(=O)(=O)NCC(O)C(N)=O. The molecule has 0 aliphatic carbocycles. The summed E-state index contributed by atoms with van der Waals surface area (Å²) in [6.45, 7) is 3.60. The van der Waals surface area contributed by atoms with Crippen LogP contribution < -0.4 is 10.5 Å². The molecule has 8 heteroatoms. The maximum absolute atomic E-state index is 11.5. The van der Waals surface area contributed by atoms with E-state index in [9.17, 15) is 13.2 Å². The molecule has 0 aromatic carbocycles. The van der Waals surface area contributed by atoms with Crippen molar-refractivity contribution in [1.82, 2.24) is 9.03 Å². The van der Waals surface area contributed by atoms with Gasteiger partial charge in [0, 0.05) is 19.6 Å². The minimum Gasteiger partial charge on any atom is -0.382 e. The zero-order valence-corrected chi connectivity index (χ0v) is 9.62. The number of rotatable bonds is 7. The summed E-state index contributed by atoms with van der Waals surface area (Å²) in [5, 5.41) is 9.00. The van der Waals surface area contributed by atoms with E-state index in [1.54, 1.807) is 13.8 Å². The maximum atomic E-state index is 11.5. The van der Waals surface area contributed by atoms with E-state index in [-0.39, 0.29) is 0 Å². The first kappa shape index (κ1) is 14.3. The van der Waals surface area contributed by atoms with E-state index in [4.69, 9.17) is 10.8 Å². The summed E-state index contributed by atoms with van der Waals surface area (Å²) in [6, 6.07) is 0. The number of aliphatic hydroxyl groups excluding tert-OH is 1. The van der Waals surface area contributed by atoms with Gasteiger partial charge >= 0.3 is 0 Å². The van der Waals surface area contributed by atoms with Gasteiger partial charge in [-0.25, -0.2) is 0 Å². The van der Waals surface area contributed by atoms with E-state index < -0.39 is 28.8 Å². The van der Waals surface area contributed by atoms with Crippen LogP contribution in [-0.2, 0) is 15.0 Å². The highest BCUT2D eigenvalue weighted by Crippen LogP contribution is 1.96. The van der Waals surface area contributed by atoms with Crippen LogP contribution in [0.5, 0.6) is 0 Å². The van der Waals surface area contributed by atoms with E-state index in [0.717, 1.165) is 0 Å². The molecule has 0 saturated heterocycles. The smallest absolute Gasteiger partial charge is 0.279 e. The number of hydrogen-bond acceptors (Lipinski definition) is 4. The molecule has 0 rings (SSSR count). The molecule has 0 fully saturated rings. The van der Waals surface area contributed by atoms with Crippen molar-refractivity contribution in [2.45, 2.75) is 20.0 Å². The van der Waals surface area contributed by atoms with E-state index in [0.29, 0.717) is 13.1 Å². The van der Waals surface area contributed by atoms with Gasteiger partial charge in [-0.05, 0) is 0 Å². The van der Waals surface area contributed by atoms with Gasteiger partial charge in [0.1, 0.15) is 6.10 Å². The highest BCUT2D eigenvalue weighted by atomic mass is 32.2. The number of carbonyl (C=O) groups excluding carboxylic acids is 1. The molecule has 1 amide bonds. The largest absolute Gasteiger partial charge is 0.382 e. The Bertz CT molecular complexity index is 299. The van der Waals surface area contributed by atoms with Crippen LogP contribution in [0.15, 0.2) is 0 Å². The third-order valence-corrected chi connectivity index (χ3v) is 3.56. The van der Waals surface area contributed by atoms with Crippen LogP contribution in [0.1, 0.15) is 13.8 Å². The number of nitrogens with one attached hydrogen (secondary N) is 1. The Hall–Kier alpha value is -0.700. The van der Waals surface area contributed by atoms with Gasteiger partial charge in [-0.1, -0.05) is 13.8 Å². The van der Waals surface area contributed by atoms with Gasteiger partial charge in [-0.3, -0.25) is 4.79 Å². The summed E-state index contributed by atoms with van der Waals surface area (Å²) in [5.74, 6) is -0.961. The van der Waals surface area contributed by atoms with Gasteiger partial charge in [0.15, 0.2) is 0 Å². The molecule has 0 bridgehead atoms. The van der Waals surface area contributed by atoms with Gasteiger partial charge in [-0.15, -0.1) is 0 Å². The predicted molar refractivity (Wildman–Crippen MR) is 55.0 cm³/mol. The lowest BCUT2D eigenvalue weighted by molar-refractivity contribution is -0.125. The van der Waals surface area contributed by atoms with E-state index in [1.165, 1.54) is 4.31 Å². The lowest BCUT2D eigenvalue weighted by atomic mass is 10.3. The highest BCUT2D eigenvalue weighted by Gasteiger charge is 2.20. The molecule has 90 valence electrons. The minimum atomic E-state index is -3.64. The third kappa shape index (κ3) is 4.56. The Labute approximate surface area is 89.4 Å². The maximum Gasteiger partial charge on any atom is 0.279 e. The molecule has 1 unspecified atom stereocenters. The molecule has 0 aliphatic rings. The summed E-state index contributed by atoms with van der Waals surface area (Å²) in [5.41, 5.74) is 4.77. The number of primary amides is 1. The lowest BCUT2D eigenvalue weighted by Crippen LogP contribution is -2.46. The van der Waals surface area contributed by atoms with Crippen molar-refractivity contribution in [2.75, 3.05) is 19.6 Å². The second kappa shape index (κ2) is 6.01. The average molecular weight is 239 g/mol. The van der Waals surface area contributed by atoms with Gasteiger partial charge in [0.25, 0.3) is 10.2 Å². The standard InChI is InChI=1S/C7H17N3O4S/c1-3-10(4-2)15(13,14)9-5-6(11)7(8)12/h6,9,11H,3-5H2,1-2H3,(H2,8,12). The van der Waals surface area contributed by atoms with Crippen LogP contribution in [0.4, 0.5) is 0 Å². The number of aliphatic hydroxyl groups is 1. The molecular weight excluding hydrogens is 222 g/mol. The topological polar surface area (TPSA) is 113 Å². The number of carbonyl (C=O) groups is 1. The van der Waals surface area contributed by atoms with Crippen LogP contribution in [-0.4, -0.2) is 49.5 Å². The van der Waals surface area contributed by atoms with Crippen LogP contribution in [0.2, 0.25) is 0 Å². The van der Waals surface area contributed by atoms with Crippen LogP contribution in [0.25, 0.3) is 0 Å². The van der Waals surface area contributed by atoms with E-state index >= 15 is 0 Å². The number of hydrogen-bond donors (Lipinski definition) is 3. The quantitative estimate of drug-likeness (QED) is 0.477. The average Bonchev–Trinajstić information content (AvgIpc) is 2.15. The molecule has 0 radical (unpaired) electrons. The molecule has 0 heterocycles. The van der Waals surface area contributed by atoms with Gasteiger partial charge in [0.05, 0.1) is 0 Å². The fraction of sp³-hybridized carbons (Fsp3) is 0.857. The fourth-order valence-corrected chi connectivity index (χ4v) is 2.17. The first-order valence-corrected chi connectivity index (χ1v) is 6.01. The van der Waals surface area contributed by atoms with Crippen LogP contribution >= 0.6 is 0 Å². The molecule has 0 aromatic heterocycles. The summed E-state index contributed by atoms with van der Waals surface area (Å²) >= 11 is 0. The normalized spacial score (nSPS) is 14.1. The van der Waals surface area contributed by atoms with Crippen molar-refractivity contribution >= 4 is 16.1 Å². The molecule has 0 aromatic rings. The first-order chi connectivity index (χ1) is 6.85. The van der Waals surface area contributed by atoms with E-state index in [2.05, 4.69) is 4.72 Å². The highest BCUT2D eigenvalue weighted by molar-refractivity contribution is 7.87. The third-order valence-electron chi connectivity index (χ3n) is 1.83. The zero-order chi connectivity index (χ0) is 12.1. The summed E-state index contributed by atoms with van der Waals surface area (Å²) in [4.78, 5) is 10.4. The Morgan fingerprint density at radius 2 is 1.93 bits per heavy atom. The van der Waals surface area contributed by atoms with Crippen molar-refractivity contribution in [3.8, 4) is 0 Å². The Kier molecular flexibility index (Phi) is 5.73. The van der Waals surface area contributed by atoms with Crippen molar-refractivity contribution in [2.24, 2.45) is 5.73 Å². The summed E-state index contributed by atoms with van der Waals surface area (Å²) < 4.78 is 26.2. The van der Waals surface area contributed by atoms with Crippen LogP contribution in [0.3, 0.4) is 0 Å². The molecular formula is C7H17N3O4S. The second-order valence-corrected chi connectivity index (χ2v) is 4.61. The Balaban J connectivity index is 4.33. The second-order valence-electron chi connectivity index (χ2n) is 2.86. The van der Waals surface area contributed by atoms with Crippen molar-refractivity contribution in [1.29, 1.82) is 0 Å². The molecule has 4 N–H and O–H groups in total. The van der Waals surface area contributed by atoms with Gasteiger partial charge in [0.2, 0.25) is 5.91 Å². The molecule has 7 nitrogen and oxygen atoms in total. The Morgan fingerprint density at radius 3 is 2.27 bits per heavy atom. The predicted octanol–water partition coefficient (Wildman–Crippen LogP) is -1.99. The number of nitrogens with two attached hydrogens (primary N) is 1. The zero-order valence-electron chi connectivity index (χ0n) is 8.80. The molecule has 0 aliphatic heterocycles. The minimum absolute atomic E-state index is 0.318. The van der Waals surface area contributed by atoms with Crippen molar-refractivity contribution in [3.63, 3.8) is 0 Å². The van der Waals surface area contributed by atoms with E-state index in [1.807, 2.05) is 0 Å². The Morgan fingerprint density at radius 1 is 1.47 bits per heavy atom. The van der Waals surface area contributed by atoms with Crippen molar-refractivity contribution in [3.05, 3.63) is 0 Å². The summed E-state index contributed by atoms with van der Waals surface area (Å²) in [7, 11) is -3.64. The van der Waals surface area contributed by atoms with Gasteiger partial charge in [-0.2, -0.15) is 17.4 Å². The van der Waals surface area contributed by atoms with Gasteiger partial charge < -0.3 is 10.8 Å². The van der Waals surface area contributed by atoms with Crippen molar-refractivity contribution < 1.29 is 18.3 Å².